The highest BCUT2D eigenvalue weighted by Crippen LogP contribution is 2.19. The van der Waals surface area contributed by atoms with Gasteiger partial charge in [-0.05, 0) is 24.1 Å². The van der Waals surface area contributed by atoms with E-state index in [9.17, 15) is 9.18 Å². The number of primary amides is 1. The van der Waals surface area contributed by atoms with Gasteiger partial charge < -0.3 is 5.73 Å². The second kappa shape index (κ2) is 4.37. The molecular formula is C9H9BrFNO. The minimum atomic E-state index is -0.351. The zero-order valence-electron chi connectivity index (χ0n) is 6.89. The summed E-state index contributed by atoms with van der Waals surface area (Å²) in [4.78, 5) is 10.5. The zero-order chi connectivity index (χ0) is 9.84. The van der Waals surface area contributed by atoms with Crippen LogP contribution in [0.2, 0.25) is 0 Å². The minimum Gasteiger partial charge on any atom is -0.370 e. The lowest BCUT2D eigenvalue weighted by Crippen LogP contribution is -2.11. The van der Waals surface area contributed by atoms with Crippen LogP contribution in [-0.4, -0.2) is 5.91 Å². The normalized spacial score (nSPS) is 10.0. The Morgan fingerprint density at radius 1 is 1.54 bits per heavy atom. The Morgan fingerprint density at radius 3 is 2.77 bits per heavy atom. The molecule has 0 aliphatic carbocycles. The third kappa shape index (κ3) is 3.14. The van der Waals surface area contributed by atoms with E-state index in [0.29, 0.717) is 10.9 Å². The molecule has 0 aliphatic heterocycles. The maximum Gasteiger partial charge on any atom is 0.217 e. The Labute approximate surface area is 84.1 Å². The van der Waals surface area contributed by atoms with Crippen LogP contribution in [0.25, 0.3) is 0 Å². The number of benzene rings is 1. The predicted octanol–water partition coefficient (Wildman–Crippen LogP) is 2.01. The second-order valence-corrected chi connectivity index (χ2v) is 3.56. The molecule has 0 bridgehead atoms. The van der Waals surface area contributed by atoms with Gasteiger partial charge in [0.25, 0.3) is 0 Å². The van der Waals surface area contributed by atoms with Crippen LogP contribution in [0.5, 0.6) is 0 Å². The van der Waals surface area contributed by atoms with E-state index < -0.39 is 0 Å². The number of aryl methyl sites for hydroxylation is 1. The van der Waals surface area contributed by atoms with E-state index in [1.807, 2.05) is 0 Å². The highest BCUT2D eigenvalue weighted by molar-refractivity contribution is 9.10. The van der Waals surface area contributed by atoms with E-state index >= 15 is 0 Å². The summed E-state index contributed by atoms with van der Waals surface area (Å²) in [6, 6.07) is 4.37. The lowest BCUT2D eigenvalue weighted by atomic mass is 10.1. The van der Waals surface area contributed by atoms with Gasteiger partial charge in [0.05, 0.1) is 0 Å². The molecule has 0 radical (unpaired) electrons. The molecule has 0 aliphatic rings. The first-order valence-electron chi connectivity index (χ1n) is 3.82. The number of carbonyl (C=O) groups excluding carboxylic acids is 1. The van der Waals surface area contributed by atoms with Gasteiger partial charge in [-0.25, -0.2) is 4.39 Å². The van der Waals surface area contributed by atoms with Gasteiger partial charge in [-0.15, -0.1) is 0 Å². The van der Waals surface area contributed by atoms with E-state index in [1.54, 1.807) is 6.07 Å². The first-order chi connectivity index (χ1) is 6.09. The van der Waals surface area contributed by atoms with Crippen molar-refractivity contribution in [1.29, 1.82) is 0 Å². The molecule has 1 aromatic rings. The molecule has 2 N–H and O–H groups in total. The van der Waals surface area contributed by atoms with Crippen molar-refractivity contribution in [1.82, 2.24) is 0 Å². The van der Waals surface area contributed by atoms with E-state index in [0.717, 1.165) is 5.56 Å². The number of hydrogen-bond acceptors (Lipinski definition) is 1. The summed E-state index contributed by atoms with van der Waals surface area (Å²) in [5, 5.41) is 0. The Hall–Kier alpha value is -0.900. The summed E-state index contributed by atoms with van der Waals surface area (Å²) in [5.74, 6) is -0.647. The quantitative estimate of drug-likeness (QED) is 0.870. The molecule has 0 aromatic heterocycles. The molecule has 1 rings (SSSR count). The maximum atomic E-state index is 12.6. The Morgan fingerprint density at radius 2 is 2.23 bits per heavy atom. The fourth-order valence-corrected chi connectivity index (χ4v) is 1.53. The average molecular weight is 246 g/mol. The van der Waals surface area contributed by atoms with E-state index in [4.69, 9.17) is 5.73 Å². The number of carbonyl (C=O) groups is 1. The number of halogens is 2. The zero-order valence-corrected chi connectivity index (χ0v) is 8.47. The molecule has 0 atom stereocenters. The third-order valence-corrected chi connectivity index (χ3v) is 2.39. The Balaban J connectivity index is 2.72. The van der Waals surface area contributed by atoms with Crippen molar-refractivity contribution in [2.24, 2.45) is 5.73 Å². The van der Waals surface area contributed by atoms with E-state index in [2.05, 4.69) is 15.9 Å². The molecule has 0 saturated heterocycles. The molecule has 4 heteroatoms. The number of nitrogens with two attached hydrogens (primary N) is 1. The van der Waals surface area contributed by atoms with Gasteiger partial charge in [-0.1, -0.05) is 22.0 Å². The predicted molar refractivity (Wildman–Crippen MR) is 51.6 cm³/mol. The van der Waals surface area contributed by atoms with Gasteiger partial charge in [-0.3, -0.25) is 4.79 Å². The Bertz CT molecular complexity index is 327. The summed E-state index contributed by atoms with van der Waals surface area (Å²) < 4.78 is 13.3. The van der Waals surface area contributed by atoms with Gasteiger partial charge >= 0.3 is 0 Å². The molecule has 1 aromatic carbocycles. The summed E-state index contributed by atoms with van der Waals surface area (Å²) in [6.07, 6.45) is 0.820. The van der Waals surface area contributed by atoms with Crippen LogP contribution >= 0.6 is 15.9 Å². The molecule has 13 heavy (non-hydrogen) atoms. The molecule has 0 unspecified atom stereocenters. The van der Waals surface area contributed by atoms with Crippen LogP contribution in [0.1, 0.15) is 12.0 Å². The Kier molecular flexibility index (Phi) is 3.42. The van der Waals surface area contributed by atoms with Crippen molar-refractivity contribution in [2.75, 3.05) is 0 Å². The van der Waals surface area contributed by atoms with Crippen molar-refractivity contribution in [2.45, 2.75) is 12.8 Å². The molecule has 0 saturated carbocycles. The van der Waals surface area contributed by atoms with Crippen molar-refractivity contribution >= 4 is 21.8 Å². The van der Waals surface area contributed by atoms with Crippen molar-refractivity contribution in [3.05, 3.63) is 34.1 Å². The van der Waals surface area contributed by atoms with Crippen LogP contribution in [0, 0.1) is 5.82 Å². The van der Waals surface area contributed by atoms with E-state index in [-0.39, 0.29) is 18.1 Å². The first kappa shape index (κ1) is 10.2. The molecule has 1 amide bonds. The maximum absolute atomic E-state index is 12.6. The van der Waals surface area contributed by atoms with Gasteiger partial charge in [0.1, 0.15) is 5.82 Å². The molecule has 0 spiro atoms. The van der Waals surface area contributed by atoms with Crippen LogP contribution in [0.3, 0.4) is 0 Å². The van der Waals surface area contributed by atoms with Crippen molar-refractivity contribution < 1.29 is 9.18 Å². The third-order valence-electron chi connectivity index (χ3n) is 1.66. The molecule has 0 fully saturated rings. The van der Waals surface area contributed by atoms with Crippen molar-refractivity contribution in [3.63, 3.8) is 0 Å². The summed E-state index contributed by atoms with van der Waals surface area (Å²) in [6.45, 7) is 0. The van der Waals surface area contributed by atoms with Crippen molar-refractivity contribution in [3.8, 4) is 0 Å². The number of hydrogen-bond donors (Lipinski definition) is 1. The standard InChI is InChI=1S/C9H9BrFNO/c10-8-5-7(11)3-1-6(8)2-4-9(12)13/h1,3,5H,2,4H2,(H2,12,13). The molecule has 2 nitrogen and oxygen atoms in total. The van der Waals surface area contributed by atoms with Crippen LogP contribution in [-0.2, 0) is 11.2 Å². The van der Waals surface area contributed by atoms with Crippen LogP contribution in [0.15, 0.2) is 22.7 Å². The van der Waals surface area contributed by atoms with Gasteiger partial charge in [-0.2, -0.15) is 0 Å². The second-order valence-electron chi connectivity index (χ2n) is 2.70. The minimum absolute atomic E-state index is 0.282. The molecule has 70 valence electrons. The topological polar surface area (TPSA) is 43.1 Å². The lowest BCUT2D eigenvalue weighted by molar-refractivity contribution is -0.117. The first-order valence-corrected chi connectivity index (χ1v) is 4.61. The fourth-order valence-electron chi connectivity index (χ4n) is 0.982. The van der Waals surface area contributed by atoms with Gasteiger partial charge in [0, 0.05) is 10.9 Å². The average Bonchev–Trinajstić information content (AvgIpc) is 2.02. The largest absolute Gasteiger partial charge is 0.370 e. The summed E-state index contributed by atoms with van der Waals surface area (Å²) in [5.41, 5.74) is 5.88. The highest BCUT2D eigenvalue weighted by atomic mass is 79.9. The number of amides is 1. The highest BCUT2D eigenvalue weighted by Gasteiger charge is 2.02. The lowest BCUT2D eigenvalue weighted by Gasteiger charge is -2.02. The van der Waals surface area contributed by atoms with Crippen LogP contribution < -0.4 is 5.73 Å². The monoisotopic (exact) mass is 245 g/mol. The smallest absolute Gasteiger partial charge is 0.217 e. The SMILES string of the molecule is NC(=O)CCc1ccc(F)cc1Br. The summed E-state index contributed by atoms with van der Waals surface area (Å²) in [7, 11) is 0. The summed E-state index contributed by atoms with van der Waals surface area (Å²) >= 11 is 3.21. The van der Waals surface area contributed by atoms with E-state index in [1.165, 1.54) is 12.1 Å². The van der Waals surface area contributed by atoms with Gasteiger partial charge in [0.15, 0.2) is 0 Å². The number of rotatable bonds is 3. The van der Waals surface area contributed by atoms with Gasteiger partial charge in [0.2, 0.25) is 5.91 Å². The fraction of sp³-hybridized carbons (Fsp3) is 0.222. The molecule has 0 heterocycles. The van der Waals surface area contributed by atoms with Crippen LogP contribution in [0.4, 0.5) is 4.39 Å². The molecular weight excluding hydrogens is 237 g/mol.